The predicted octanol–water partition coefficient (Wildman–Crippen LogP) is 0.398. The largest absolute Gasteiger partial charge is 0.287 e. The Hall–Kier alpha value is -1.36. The zero-order chi connectivity index (χ0) is 7.68. The molecule has 2 heterocycles. The maximum Gasteiger partial charge on any atom is 0.210 e. The second kappa shape index (κ2) is 2.35. The average Bonchev–Trinajstić information content (AvgIpc) is 2.06. The molecular formula is C6H3N3OS. The van der Waals surface area contributed by atoms with Crippen LogP contribution in [0.3, 0.4) is 0 Å². The summed E-state index contributed by atoms with van der Waals surface area (Å²) in [5.41, 5.74) is 1.77. The van der Waals surface area contributed by atoms with Crippen LogP contribution in [0.15, 0.2) is 22.6 Å². The number of hydrogen-bond acceptors (Lipinski definition) is 5. The SMILES string of the molecule is O=c1ccnc2ncsnc1-2. The van der Waals surface area contributed by atoms with Gasteiger partial charge in [0, 0.05) is 12.3 Å². The van der Waals surface area contributed by atoms with Gasteiger partial charge in [0.1, 0.15) is 5.51 Å². The first-order valence-corrected chi connectivity index (χ1v) is 3.77. The minimum atomic E-state index is -0.126. The molecule has 54 valence electrons. The summed E-state index contributed by atoms with van der Waals surface area (Å²) in [4.78, 5) is 18.8. The lowest BCUT2D eigenvalue weighted by Gasteiger charge is -1.95. The number of aromatic nitrogens is 3. The van der Waals surface area contributed by atoms with Gasteiger partial charge >= 0.3 is 0 Å². The molecule has 0 spiro atoms. The van der Waals surface area contributed by atoms with Crippen LogP contribution in [0.1, 0.15) is 0 Å². The van der Waals surface area contributed by atoms with Crippen molar-refractivity contribution in [2.45, 2.75) is 0 Å². The van der Waals surface area contributed by atoms with Crippen molar-refractivity contribution in [2.24, 2.45) is 0 Å². The minimum absolute atomic E-state index is 0.126. The highest BCUT2D eigenvalue weighted by molar-refractivity contribution is 7.03. The third-order valence-electron chi connectivity index (χ3n) is 1.23. The van der Waals surface area contributed by atoms with E-state index in [9.17, 15) is 4.79 Å². The van der Waals surface area contributed by atoms with Crippen LogP contribution < -0.4 is 5.43 Å². The first kappa shape index (κ1) is 6.36. The lowest BCUT2D eigenvalue weighted by molar-refractivity contribution is 1.16. The monoisotopic (exact) mass is 165 g/mol. The van der Waals surface area contributed by atoms with Crippen LogP contribution in [-0.4, -0.2) is 14.3 Å². The van der Waals surface area contributed by atoms with Crippen LogP contribution in [0.5, 0.6) is 0 Å². The lowest BCUT2D eigenvalue weighted by atomic mass is 10.3. The minimum Gasteiger partial charge on any atom is -0.287 e. The molecule has 0 aromatic carbocycles. The summed E-state index contributed by atoms with van der Waals surface area (Å²) in [6.07, 6.45) is 1.43. The molecule has 2 rings (SSSR count). The summed E-state index contributed by atoms with van der Waals surface area (Å²) >= 11 is 1.15. The van der Waals surface area contributed by atoms with Gasteiger partial charge in [-0.25, -0.2) is 9.97 Å². The molecule has 5 heteroatoms. The molecule has 4 nitrogen and oxygen atoms in total. The van der Waals surface area contributed by atoms with E-state index in [1.165, 1.54) is 12.3 Å². The topological polar surface area (TPSA) is 55.7 Å². The van der Waals surface area contributed by atoms with E-state index in [0.717, 1.165) is 11.5 Å². The van der Waals surface area contributed by atoms with E-state index >= 15 is 0 Å². The molecule has 0 saturated carbocycles. The van der Waals surface area contributed by atoms with Gasteiger partial charge in [-0.2, -0.15) is 4.37 Å². The lowest BCUT2D eigenvalue weighted by Crippen LogP contribution is -2.07. The normalized spacial score (nSPS) is 10.2. The molecule has 0 fully saturated rings. The van der Waals surface area contributed by atoms with Crippen LogP contribution in [0.2, 0.25) is 0 Å². The molecule has 0 amide bonds. The first-order valence-electron chi connectivity index (χ1n) is 2.93. The number of hydrogen-bond donors (Lipinski definition) is 0. The molecule has 2 aliphatic rings. The van der Waals surface area contributed by atoms with Crippen molar-refractivity contribution in [1.29, 1.82) is 0 Å². The Bertz CT molecular complexity index is 399. The summed E-state index contributed by atoms with van der Waals surface area (Å²) in [7, 11) is 0. The number of nitrogens with zero attached hydrogens (tertiary/aromatic N) is 3. The molecule has 0 aromatic rings. The zero-order valence-electron chi connectivity index (χ0n) is 5.39. The van der Waals surface area contributed by atoms with Crippen LogP contribution in [0, 0.1) is 0 Å². The van der Waals surface area contributed by atoms with Gasteiger partial charge in [-0.3, -0.25) is 4.79 Å². The van der Waals surface area contributed by atoms with E-state index in [2.05, 4.69) is 14.3 Å². The smallest absolute Gasteiger partial charge is 0.210 e. The molecule has 0 radical (unpaired) electrons. The van der Waals surface area contributed by atoms with E-state index in [-0.39, 0.29) is 5.43 Å². The van der Waals surface area contributed by atoms with Crippen LogP contribution in [0.25, 0.3) is 11.5 Å². The van der Waals surface area contributed by atoms with Crippen molar-refractivity contribution in [1.82, 2.24) is 14.3 Å². The Morgan fingerprint density at radius 1 is 1.36 bits per heavy atom. The number of fused-ring (bicyclic) bond motifs is 1. The third-order valence-corrected chi connectivity index (χ3v) is 1.72. The fraction of sp³-hybridized carbons (Fsp3) is 0. The van der Waals surface area contributed by atoms with Gasteiger partial charge < -0.3 is 0 Å². The highest BCUT2D eigenvalue weighted by Gasteiger charge is 2.07. The van der Waals surface area contributed by atoms with Crippen molar-refractivity contribution in [3.05, 3.63) is 28.0 Å². The van der Waals surface area contributed by atoms with Crippen molar-refractivity contribution >= 4 is 11.5 Å². The van der Waals surface area contributed by atoms with Gasteiger partial charge in [0.15, 0.2) is 11.5 Å². The van der Waals surface area contributed by atoms with Gasteiger partial charge in [0.2, 0.25) is 5.43 Å². The molecule has 0 N–H and O–H groups in total. The quantitative estimate of drug-likeness (QED) is 0.567. The molecule has 0 unspecified atom stereocenters. The molecule has 0 aromatic heterocycles. The van der Waals surface area contributed by atoms with Crippen molar-refractivity contribution in [2.75, 3.05) is 0 Å². The highest BCUT2D eigenvalue weighted by atomic mass is 32.1. The first-order chi connectivity index (χ1) is 5.38. The standard InChI is InChI=1S/C6H3N3OS/c10-4-1-2-7-6-5(4)9-11-3-8-6/h1-3H. The Balaban J connectivity index is 2.90. The van der Waals surface area contributed by atoms with Crippen molar-refractivity contribution < 1.29 is 0 Å². The van der Waals surface area contributed by atoms with Gasteiger partial charge in [0.25, 0.3) is 0 Å². The molecule has 0 aliphatic carbocycles. The van der Waals surface area contributed by atoms with Crippen molar-refractivity contribution in [3.8, 4) is 11.5 Å². The third kappa shape index (κ3) is 0.988. The maximum atomic E-state index is 11.0. The van der Waals surface area contributed by atoms with Crippen LogP contribution >= 0.6 is 11.5 Å². The molecule has 11 heavy (non-hydrogen) atoms. The van der Waals surface area contributed by atoms with E-state index in [1.54, 1.807) is 5.51 Å². The second-order valence-electron chi connectivity index (χ2n) is 1.91. The maximum absolute atomic E-state index is 11.0. The van der Waals surface area contributed by atoms with E-state index in [1.807, 2.05) is 0 Å². The van der Waals surface area contributed by atoms with Gasteiger partial charge in [-0.1, -0.05) is 0 Å². The summed E-state index contributed by atoms with van der Waals surface area (Å²) in [5.74, 6) is 0.413. The summed E-state index contributed by atoms with van der Waals surface area (Å²) in [5, 5.41) is 0. The Morgan fingerprint density at radius 3 is 3.09 bits per heavy atom. The highest BCUT2D eigenvalue weighted by Crippen LogP contribution is 2.06. The van der Waals surface area contributed by atoms with Crippen molar-refractivity contribution in [3.63, 3.8) is 0 Å². The molecular weight excluding hydrogens is 162 g/mol. The average molecular weight is 165 g/mol. The summed E-state index contributed by atoms with van der Waals surface area (Å²) < 4.78 is 3.88. The van der Waals surface area contributed by atoms with Gasteiger partial charge in [-0.05, 0) is 11.5 Å². The Labute approximate surface area is 66.1 Å². The fourth-order valence-electron chi connectivity index (χ4n) is 0.756. The summed E-state index contributed by atoms with van der Waals surface area (Å²) in [6, 6.07) is 1.38. The van der Waals surface area contributed by atoms with E-state index in [0.29, 0.717) is 11.5 Å². The second-order valence-corrected chi connectivity index (χ2v) is 2.52. The van der Waals surface area contributed by atoms with Crippen LogP contribution in [-0.2, 0) is 0 Å². The molecule has 0 atom stereocenters. The fourth-order valence-corrected chi connectivity index (χ4v) is 1.23. The summed E-state index contributed by atoms with van der Waals surface area (Å²) in [6.45, 7) is 0. The molecule has 2 aliphatic heterocycles. The van der Waals surface area contributed by atoms with Gasteiger partial charge in [0.05, 0.1) is 0 Å². The number of pyridine rings is 1. The molecule has 0 bridgehead atoms. The zero-order valence-corrected chi connectivity index (χ0v) is 6.21. The Kier molecular flexibility index (Phi) is 1.36. The Morgan fingerprint density at radius 2 is 2.27 bits per heavy atom. The van der Waals surface area contributed by atoms with E-state index < -0.39 is 0 Å². The molecule has 0 saturated heterocycles. The number of rotatable bonds is 0. The van der Waals surface area contributed by atoms with Gasteiger partial charge in [-0.15, -0.1) is 0 Å². The predicted molar refractivity (Wildman–Crippen MR) is 40.6 cm³/mol. The van der Waals surface area contributed by atoms with E-state index in [4.69, 9.17) is 0 Å². The van der Waals surface area contributed by atoms with Crippen LogP contribution in [0.4, 0.5) is 0 Å².